The Hall–Kier alpha value is -1.89. The van der Waals surface area contributed by atoms with Crippen LogP contribution < -0.4 is 0 Å². The van der Waals surface area contributed by atoms with E-state index in [0.29, 0.717) is 18.1 Å². The molecule has 0 aromatic heterocycles. The van der Waals surface area contributed by atoms with E-state index < -0.39 is 0 Å². The maximum Gasteiger partial charge on any atom is 0.140 e. The van der Waals surface area contributed by atoms with Gasteiger partial charge in [0.25, 0.3) is 0 Å². The first-order valence-corrected chi connectivity index (χ1v) is 7.91. The summed E-state index contributed by atoms with van der Waals surface area (Å²) in [5.41, 5.74) is 3.97. The van der Waals surface area contributed by atoms with Crippen molar-refractivity contribution >= 4 is 5.78 Å². The van der Waals surface area contributed by atoms with E-state index in [1.54, 1.807) is 0 Å². The maximum atomic E-state index is 12.6. The van der Waals surface area contributed by atoms with Crippen molar-refractivity contribution < 1.29 is 4.79 Å². The minimum atomic E-state index is 0.000267. The molecule has 2 aromatic rings. The number of ketones is 1. The molecule has 0 saturated carbocycles. The molecule has 0 amide bonds. The lowest BCUT2D eigenvalue weighted by molar-refractivity contribution is -0.120. The topological polar surface area (TPSA) is 17.1 Å². The summed E-state index contributed by atoms with van der Waals surface area (Å²) in [5, 5.41) is 0. The first kappa shape index (κ1) is 14.1. The molecule has 1 nitrogen and oxygen atoms in total. The molecule has 21 heavy (non-hydrogen) atoms. The van der Waals surface area contributed by atoms with Crippen LogP contribution in [0.4, 0.5) is 0 Å². The Morgan fingerprint density at radius 3 is 2.62 bits per heavy atom. The van der Waals surface area contributed by atoms with Crippen LogP contribution in [0.25, 0.3) is 0 Å². The van der Waals surface area contributed by atoms with Crippen molar-refractivity contribution in [1.82, 2.24) is 0 Å². The van der Waals surface area contributed by atoms with Crippen LogP contribution in [0.1, 0.15) is 54.7 Å². The average molecular weight is 278 g/mol. The summed E-state index contributed by atoms with van der Waals surface area (Å²) in [7, 11) is 0. The Kier molecular flexibility index (Phi) is 4.19. The van der Waals surface area contributed by atoms with E-state index in [9.17, 15) is 4.79 Å². The van der Waals surface area contributed by atoms with Gasteiger partial charge >= 0.3 is 0 Å². The fraction of sp³-hybridized carbons (Fsp3) is 0.350. The van der Waals surface area contributed by atoms with Gasteiger partial charge in [-0.15, -0.1) is 0 Å². The normalized spacial score (nSPS) is 18.8. The summed E-state index contributed by atoms with van der Waals surface area (Å²) in [5.74, 6) is 0.775. The second kappa shape index (κ2) is 6.26. The van der Waals surface area contributed by atoms with E-state index in [2.05, 4.69) is 36.4 Å². The number of carbonyl (C=O) groups excluding carboxylic acids is 1. The minimum absolute atomic E-state index is 0.000267. The zero-order valence-electron chi connectivity index (χ0n) is 12.6. The molecule has 0 spiro atoms. The number of Topliss-reactive ketones (excluding diaryl/α,β-unsaturated/α-hetero) is 1. The van der Waals surface area contributed by atoms with E-state index in [4.69, 9.17) is 0 Å². The third-order valence-electron chi connectivity index (χ3n) is 4.72. The van der Waals surface area contributed by atoms with Gasteiger partial charge in [-0.2, -0.15) is 0 Å². The molecule has 108 valence electrons. The monoisotopic (exact) mass is 278 g/mol. The molecule has 2 atom stereocenters. The molecule has 0 N–H and O–H groups in total. The number of carbonyl (C=O) groups is 1. The number of hydrogen-bond donors (Lipinski definition) is 0. The lowest BCUT2D eigenvalue weighted by atomic mass is 9.78. The van der Waals surface area contributed by atoms with Crippen molar-refractivity contribution in [2.24, 2.45) is 0 Å². The van der Waals surface area contributed by atoms with E-state index in [1.165, 1.54) is 17.5 Å². The smallest absolute Gasteiger partial charge is 0.140 e. The quantitative estimate of drug-likeness (QED) is 0.779. The third kappa shape index (κ3) is 3.07. The molecule has 1 heteroatoms. The van der Waals surface area contributed by atoms with Crippen LogP contribution in [0, 0.1) is 0 Å². The zero-order chi connectivity index (χ0) is 14.7. The Balaban J connectivity index is 1.74. The molecular weight excluding hydrogens is 256 g/mol. The molecule has 0 bridgehead atoms. The first-order chi connectivity index (χ1) is 10.3. The van der Waals surface area contributed by atoms with Gasteiger partial charge in [0.15, 0.2) is 0 Å². The molecule has 0 aliphatic heterocycles. The lowest BCUT2D eigenvalue weighted by Gasteiger charge is -2.26. The van der Waals surface area contributed by atoms with E-state index in [-0.39, 0.29) is 5.92 Å². The van der Waals surface area contributed by atoms with Crippen LogP contribution in [0.3, 0.4) is 0 Å². The molecule has 2 unspecified atom stereocenters. The Morgan fingerprint density at radius 1 is 1.10 bits per heavy atom. The van der Waals surface area contributed by atoms with Crippen LogP contribution >= 0.6 is 0 Å². The van der Waals surface area contributed by atoms with Crippen LogP contribution in [0.15, 0.2) is 54.6 Å². The molecule has 0 saturated heterocycles. The van der Waals surface area contributed by atoms with Crippen molar-refractivity contribution in [3.8, 4) is 0 Å². The van der Waals surface area contributed by atoms with Gasteiger partial charge < -0.3 is 0 Å². The van der Waals surface area contributed by atoms with Crippen molar-refractivity contribution in [1.29, 1.82) is 0 Å². The van der Waals surface area contributed by atoms with Crippen molar-refractivity contribution in [3.63, 3.8) is 0 Å². The summed E-state index contributed by atoms with van der Waals surface area (Å²) < 4.78 is 0. The second-order valence-electron chi connectivity index (χ2n) is 6.09. The number of rotatable bonds is 4. The number of aryl methyl sites for hydroxylation is 1. The van der Waals surface area contributed by atoms with Gasteiger partial charge in [0.1, 0.15) is 5.78 Å². The fourth-order valence-corrected chi connectivity index (χ4v) is 3.41. The molecule has 1 aliphatic carbocycles. The first-order valence-electron chi connectivity index (χ1n) is 7.91. The van der Waals surface area contributed by atoms with Crippen LogP contribution in [-0.4, -0.2) is 5.78 Å². The number of benzene rings is 2. The molecule has 0 radical (unpaired) electrons. The van der Waals surface area contributed by atoms with Gasteiger partial charge in [-0.05, 0) is 41.9 Å². The molecular formula is C20H22O. The SMILES string of the molecule is CC(C(=O)CC1CCCc2ccccc21)c1ccccc1. The summed E-state index contributed by atoms with van der Waals surface area (Å²) >= 11 is 0. The van der Waals surface area contributed by atoms with E-state index in [0.717, 1.165) is 18.4 Å². The Bertz CT molecular complexity index is 615. The van der Waals surface area contributed by atoms with E-state index >= 15 is 0 Å². The standard InChI is InChI=1S/C20H22O/c1-15(16-8-3-2-4-9-16)20(21)14-18-12-7-11-17-10-5-6-13-19(17)18/h2-6,8-10,13,15,18H,7,11-12,14H2,1H3. The summed E-state index contributed by atoms with van der Waals surface area (Å²) in [6.07, 6.45) is 4.18. The van der Waals surface area contributed by atoms with Crippen LogP contribution in [-0.2, 0) is 11.2 Å². The Labute approximate surface area is 127 Å². The lowest BCUT2D eigenvalue weighted by Crippen LogP contribution is -2.17. The van der Waals surface area contributed by atoms with Gasteiger partial charge in [0.2, 0.25) is 0 Å². The highest BCUT2D eigenvalue weighted by Gasteiger charge is 2.24. The van der Waals surface area contributed by atoms with Crippen molar-refractivity contribution in [2.75, 3.05) is 0 Å². The summed E-state index contributed by atoms with van der Waals surface area (Å²) in [6.45, 7) is 2.03. The average Bonchev–Trinajstić information content (AvgIpc) is 2.55. The van der Waals surface area contributed by atoms with Gasteiger partial charge in [-0.1, -0.05) is 61.5 Å². The van der Waals surface area contributed by atoms with Gasteiger partial charge in [-0.3, -0.25) is 4.79 Å². The highest BCUT2D eigenvalue weighted by atomic mass is 16.1. The van der Waals surface area contributed by atoms with Crippen LogP contribution in [0.5, 0.6) is 0 Å². The molecule has 0 heterocycles. The van der Waals surface area contributed by atoms with Crippen LogP contribution in [0.2, 0.25) is 0 Å². The van der Waals surface area contributed by atoms with Crippen molar-refractivity contribution in [3.05, 3.63) is 71.3 Å². The zero-order valence-corrected chi connectivity index (χ0v) is 12.6. The predicted molar refractivity (Wildman–Crippen MR) is 86.6 cm³/mol. The summed E-state index contributed by atoms with van der Waals surface area (Å²) in [6, 6.07) is 18.8. The summed E-state index contributed by atoms with van der Waals surface area (Å²) in [4.78, 5) is 12.6. The van der Waals surface area contributed by atoms with Crippen molar-refractivity contribution in [2.45, 2.75) is 44.4 Å². The number of fused-ring (bicyclic) bond motifs is 1. The van der Waals surface area contributed by atoms with Gasteiger partial charge in [0, 0.05) is 12.3 Å². The highest BCUT2D eigenvalue weighted by molar-refractivity contribution is 5.86. The predicted octanol–water partition coefficient (Wildman–Crippen LogP) is 4.87. The van der Waals surface area contributed by atoms with Gasteiger partial charge in [-0.25, -0.2) is 0 Å². The second-order valence-corrected chi connectivity index (χ2v) is 6.09. The van der Waals surface area contributed by atoms with E-state index in [1.807, 2.05) is 25.1 Å². The van der Waals surface area contributed by atoms with Gasteiger partial charge in [0.05, 0.1) is 0 Å². The molecule has 1 aliphatic rings. The Morgan fingerprint density at radius 2 is 1.81 bits per heavy atom. The largest absolute Gasteiger partial charge is 0.299 e. The molecule has 0 fully saturated rings. The highest BCUT2D eigenvalue weighted by Crippen LogP contribution is 2.35. The number of hydrogen-bond acceptors (Lipinski definition) is 1. The maximum absolute atomic E-state index is 12.6. The third-order valence-corrected chi connectivity index (χ3v) is 4.72. The fourth-order valence-electron chi connectivity index (χ4n) is 3.41. The molecule has 3 rings (SSSR count). The molecule has 2 aromatic carbocycles. The minimum Gasteiger partial charge on any atom is -0.299 e.